The Morgan fingerprint density at radius 3 is 2.82 bits per heavy atom. The summed E-state index contributed by atoms with van der Waals surface area (Å²) in [5.41, 5.74) is 4.47. The number of aromatic nitrogens is 2. The zero-order valence-electron chi connectivity index (χ0n) is 12.4. The number of nitrogens with one attached hydrogen (secondary N) is 2. The van der Waals surface area contributed by atoms with Crippen LogP contribution >= 0.6 is 15.9 Å². The number of H-pyrrole nitrogens is 1. The van der Waals surface area contributed by atoms with E-state index in [0.717, 1.165) is 37.9 Å². The molecule has 0 saturated carbocycles. The fourth-order valence-electron chi connectivity index (χ4n) is 2.56. The van der Waals surface area contributed by atoms with Crippen LogP contribution in [0.3, 0.4) is 0 Å². The zero-order chi connectivity index (χ0) is 15.7. The second-order valence-corrected chi connectivity index (χ2v) is 6.23. The second-order valence-electron chi connectivity index (χ2n) is 5.32. The van der Waals surface area contributed by atoms with Crippen LogP contribution in [0, 0.1) is 13.8 Å². The van der Waals surface area contributed by atoms with Crippen molar-refractivity contribution >= 4 is 32.5 Å². The Balaban J connectivity index is 1.95. The number of hydrogen-bond donors (Lipinski definition) is 2. The predicted molar refractivity (Wildman–Crippen MR) is 93.3 cm³/mol. The maximum Gasteiger partial charge on any atom is 0.253 e. The first-order valence-electron chi connectivity index (χ1n) is 7.02. The normalized spacial score (nSPS) is 10.9. The summed E-state index contributed by atoms with van der Waals surface area (Å²) in [6, 6.07) is 9.87. The van der Waals surface area contributed by atoms with Crippen molar-refractivity contribution in [2.45, 2.75) is 20.4 Å². The molecular weight excluding hydrogens is 342 g/mol. The Morgan fingerprint density at radius 1 is 1.23 bits per heavy atom. The van der Waals surface area contributed by atoms with Crippen LogP contribution in [0.15, 0.2) is 45.8 Å². The number of halogens is 1. The number of rotatable bonds is 3. The molecule has 5 heteroatoms. The van der Waals surface area contributed by atoms with E-state index in [1.165, 1.54) is 0 Å². The van der Waals surface area contributed by atoms with Crippen LogP contribution in [0.2, 0.25) is 0 Å². The predicted octanol–water partition coefficient (Wildman–Crippen LogP) is 3.91. The number of nitrogens with zero attached hydrogens (tertiary/aromatic N) is 1. The molecule has 0 aliphatic carbocycles. The maximum absolute atomic E-state index is 12.1. The largest absolute Gasteiger partial charge is 0.380 e. The molecule has 112 valence electrons. The molecule has 2 N–H and O–H groups in total. The van der Waals surface area contributed by atoms with Crippen molar-refractivity contribution in [1.82, 2.24) is 9.97 Å². The summed E-state index contributed by atoms with van der Waals surface area (Å²) in [5, 5.41) is 4.38. The molecular formula is C17H16BrN3O. The summed E-state index contributed by atoms with van der Waals surface area (Å²) in [6.45, 7) is 4.33. The molecule has 0 aliphatic rings. The molecule has 1 aromatic carbocycles. The molecule has 3 aromatic rings. The number of pyridine rings is 2. The van der Waals surface area contributed by atoms with Crippen LogP contribution < -0.4 is 10.9 Å². The van der Waals surface area contributed by atoms with E-state index in [4.69, 9.17) is 0 Å². The van der Waals surface area contributed by atoms with Gasteiger partial charge in [0.25, 0.3) is 5.56 Å². The number of benzene rings is 1. The third-order valence-corrected chi connectivity index (χ3v) is 4.15. The van der Waals surface area contributed by atoms with Gasteiger partial charge in [-0.3, -0.25) is 9.78 Å². The van der Waals surface area contributed by atoms with Crippen molar-refractivity contribution in [3.63, 3.8) is 0 Å². The van der Waals surface area contributed by atoms with Gasteiger partial charge in [-0.1, -0.05) is 15.9 Å². The summed E-state index contributed by atoms with van der Waals surface area (Å²) in [5.74, 6) is 0. The van der Waals surface area contributed by atoms with Gasteiger partial charge >= 0.3 is 0 Å². The summed E-state index contributed by atoms with van der Waals surface area (Å²) >= 11 is 3.48. The van der Waals surface area contributed by atoms with E-state index < -0.39 is 0 Å². The number of aryl methyl sites for hydroxylation is 2. The van der Waals surface area contributed by atoms with Gasteiger partial charge in [0.2, 0.25) is 0 Å². The van der Waals surface area contributed by atoms with E-state index in [0.29, 0.717) is 6.54 Å². The van der Waals surface area contributed by atoms with E-state index in [-0.39, 0.29) is 5.56 Å². The highest BCUT2D eigenvalue weighted by Gasteiger charge is 2.07. The third-order valence-electron chi connectivity index (χ3n) is 3.65. The smallest absolute Gasteiger partial charge is 0.253 e. The van der Waals surface area contributed by atoms with E-state index in [2.05, 4.69) is 31.2 Å². The SMILES string of the molecule is Cc1cc(C)c(CNc2ccnc3ccc(Br)cc23)c(=O)[nH]1. The maximum atomic E-state index is 12.1. The van der Waals surface area contributed by atoms with Gasteiger partial charge in [-0.25, -0.2) is 0 Å². The number of aromatic amines is 1. The molecule has 0 amide bonds. The Labute approximate surface area is 136 Å². The van der Waals surface area contributed by atoms with Gasteiger partial charge in [-0.15, -0.1) is 0 Å². The van der Waals surface area contributed by atoms with Gasteiger partial charge in [-0.2, -0.15) is 0 Å². The van der Waals surface area contributed by atoms with Crippen LogP contribution in [0.25, 0.3) is 10.9 Å². The molecule has 0 saturated heterocycles. The quantitative estimate of drug-likeness (QED) is 0.746. The minimum atomic E-state index is -0.0375. The van der Waals surface area contributed by atoms with Crippen molar-refractivity contribution in [1.29, 1.82) is 0 Å². The molecule has 22 heavy (non-hydrogen) atoms. The van der Waals surface area contributed by atoms with Crippen molar-refractivity contribution in [2.75, 3.05) is 5.32 Å². The number of hydrogen-bond acceptors (Lipinski definition) is 3. The minimum absolute atomic E-state index is 0.0375. The molecule has 3 rings (SSSR count). The average molecular weight is 358 g/mol. The van der Waals surface area contributed by atoms with Crippen molar-refractivity contribution in [3.8, 4) is 0 Å². The fraction of sp³-hybridized carbons (Fsp3) is 0.176. The van der Waals surface area contributed by atoms with E-state index >= 15 is 0 Å². The molecule has 4 nitrogen and oxygen atoms in total. The van der Waals surface area contributed by atoms with E-state index in [1.807, 2.05) is 44.2 Å². The number of anilines is 1. The molecule has 0 fully saturated rings. The van der Waals surface area contributed by atoms with Crippen LogP contribution in [-0.2, 0) is 6.54 Å². The minimum Gasteiger partial charge on any atom is -0.380 e. The highest BCUT2D eigenvalue weighted by Crippen LogP contribution is 2.25. The van der Waals surface area contributed by atoms with Gasteiger partial charge in [0.1, 0.15) is 0 Å². The van der Waals surface area contributed by atoms with E-state index in [1.54, 1.807) is 6.20 Å². The highest BCUT2D eigenvalue weighted by atomic mass is 79.9. The summed E-state index contributed by atoms with van der Waals surface area (Å²) in [4.78, 5) is 19.3. The van der Waals surface area contributed by atoms with Crippen LogP contribution in [-0.4, -0.2) is 9.97 Å². The zero-order valence-corrected chi connectivity index (χ0v) is 14.0. The summed E-state index contributed by atoms with van der Waals surface area (Å²) in [6.07, 6.45) is 1.77. The van der Waals surface area contributed by atoms with Gasteiger partial charge in [0, 0.05) is 39.5 Å². The van der Waals surface area contributed by atoms with Crippen LogP contribution in [0.1, 0.15) is 16.8 Å². The van der Waals surface area contributed by atoms with E-state index in [9.17, 15) is 4.79 Å². The molecule has 0 aliphatic heterocycles. The molecule has 2 heterocycles. The highest BCUT2D eigenvalue weighted by molar-refractivity contribution is 9.10. The molecule has 2 aromatic heterocycles. The third kappa shape index (κ3) is 2.90. The second kappa shape index (κ2) is 5.93. The molecule has 0 atom stereocenters. The van der Waals surface area contributed by atoms with Gasteiger partial charge < -0.3 is 10.3 Å². The Bertz CT molecular complexity index is 902. The Kier molecular flexibility index (Phi) is 3.98. The van der Waals surface area contributed by atoms with Gasteiger partial charge in [0.15, 0.2) is 0 Å². The van der Waals surface area contributed by atoms with Crippen molar-refractivity contribution in [3.05, 3.63) is 68.2 Å². The van der Waals surface area contributed by atoms with Gasteiger partial charge in [0.05, 0.1) is 5.52 Å². The Hall–Kier alpha value is -2.14. The monoisotopic (exact) mass is 357 g/mol. The van der Waals surface area contributed by atoms with Crippen molar-refractivity contribution < 1.29 is 0 Å². The van der Waals surface area contributed by atoms with Crippen LogP contribution in [0.4, 0.5) is 5.69 Å². The lowest BCUT2D eigenvalue weighted by Crippen LogP contribution is -2.18. The lowest BCUT2D eigenvalue weighted by atomic mass is 10.1. The first-order valence-corrected chi connectivity index (χ1v) is 7.81. The lowest BCUT2D eigenvalue weighted by Gasteiger charge is -2.11. The van der Waals surface area contributed by atoms with Crippen molar-refractivity contribution in [2.24, 2.45) is 0 Å². The first-order chi connectivity index (χ1) is 10.5. The lowest BCUT2D eigenvalue weighted by molar-refractivity contribution is 1.01. The van der Waals surface area contributed by atoms with Crippen LogP contribution in [0.5, 0.6) is 0 Å². The van der Waals surface area contributed by atoms with Gasteiger partial charge in [-0.05, 0) is 49.7 Å². The number of fused-ring (bicyclic) bond motifs is 1. The topological polar surface area (TPSA) is 57.8 Å². The fourth-order valence-corrected chi connectivity index (χ4v) is 2.92. The first kappa shape index (κ1) is 14.8. The standard InChI is InChI=1S/C17H16BrN3O/c1-10-7-11(2)21-17(22)14(10)9-20-16-5-6-19-15-4-3-12(18)8-13(15)16/h3-8H,9H2,1-2H3,(H,19,20)(H,21,22). The molecule has 0 spiro atoms. The Morgan fingerprint density at radius 2 is 2.05 bits per heavy atom. The average Bonchev–Trinajstić information content (AvgIpc) is 2.46. The molecule has 0 bridgehead atoms. The summed E-state index contributed by atoms with van der Waals surface area (Å²) in [7, 11) is 0. The summed E-state index contributed by atoms with van der Waals surface area (Å²) < 4.78 is 1.00. The molecule has 0 unspecified atom stereocenters. The molecule has 0 radical (unpaired) electrons.